The van der Waals surface area contributed by atoms with Crippen LogP contribution >= 0.6 is 15.9 Å². The number of anilines is 1. The third-order valence-corrected chi connectivity index (χ3v) is 2.84. The van der Waals surface area contributed by atoms with Gasteiger partial charge in [0.15, 0.2) is 5.82 Å². The van der Waals surface area contributed by atoms with Crippen LogP contribution in [0.4, 0.5) is 18.9 Å². The molecular weight excluding hydrogens is 315 g/mol. The minimum Gasteiger partial charge on any atom is -0.398 e. The SMILES string of the molecule is Nc1cc(-c2nnnn2CC(F)(F)F)ccc1Br. The summed E-state index contributed by atoms with van der Waals surface area (Å²) in [7, 11) is 0. The minimum atomic E-state index is -4.38. The van der Waals surface area contributed by atoms with Crippen LogP contribution in [0.5, 0.6) is 0 Å². The van der Waals surface area contributed by atoms with E-state index in [9.17, 15) is 13.2 Å². The average molecular weight is 322 g/mol. The molecule has 0 saturated carbocycles. The van der Waals surface area contributed by atoms with Gasteiger partial charge in [0.05, 0.1) is 0 Å². The normalized spacial score (nSPS) is 11.8. The number of tetrazole rings is 1. The molecule has 0 unspecified atom stereocenters. The van der Waals surface area contributed by atoms with Crippen molar-refractivity contribution >= 4 is 21.6 Å². The van der Waals surface area contributed by atoms with Crippen LogP contribution in [0, 0.1) is 0 Å². The number of hydrogen-bond donors (Lipinski definition) is 1. The molecule has 0 bridgehead atoms. The molecule has 0 amide bonds. The first-order valence-electron chi connectivity index (χ1n) is 4.75. The second kappa shape index (κ2) is 4.56. The van der Waals surface area contributed by atoms with Crippen LogP contribution in [-0.2, 0) is 6.54 Å². The zero-order valence-electron chi connectivity index (χ0n) is 8.82. The molecule has 18 heavy (non-hydrogen) atoms. The van der Waals surface area contributed by atoms with Gasteiger partial charge in [-0.25, -0.2) is 4.68 Å². The van der Waals surface area contributed by atoms with Gasteiger partial charge in [-0.2, -0.15) is 13.2 Å². The predicted molar refractivity (Wildman–Crippen MR) is 61.4 cm³/mol. The molecule has 96 valence electrons. The summed E-state index contributed by atoms with van der Waals surface area (Å²) in [5, 5.41) is 10.1. The highest BCUT2D eigenvalue weighted by Gasteiger charge is 2.30. The summed E-state index contributed by atoms with van der Waals surface area (Å²) in [6.07, 6.45) is -4.38. The third-order valence-electron chi connectivity index (χ3n) is 2.12. The van der Waals surface area contributed by atoms with E-state index in [2.05, 4.69) is 31.5 Å². The number of aromatic nitrogens is 4. The number of benzene rings is 1. The van der Waals surface area contributed by atoms with Gasteiger partial charge < -0.3 is 5.73 Å². The molecule has 2 aromatic rings. The monoisotopic (exact) mass is 321 g/mol. The first kappa shape index (κ1) is 12.8. The molecular formula is C9H7BrF3N5. The lowest BCUT2D eigenvalue weighted by Crippen LogP contribution is -2.19. The third kappa shape index (κ3) is 2.78. The molecule has 1 aromatic heterocycles. The van der Waals surface area contributed by atoms with Crippen LogP contribution < -0.4 is 5.73 Å². The number of alkyl halides is 3. The molecule has 9 heteroatoms. The highest BCUT2D eigenvalue weighted by Crippen LogP contribution is 2.26. The number of rotatable bonds is 2. The summed E-state index contributed by atoms with van der Waals surface area (Å²) in [6, 6.07) is 4.71. The predicted octanol–water partition coefficient (Wildman–Crippen LogP) is 2.25. The van der Waals surface area contributed by atoms with E-state index in [1.54, 1.807) is 12.1 Å². The number of nitrogens with two attached hydrogens (primary N) is 1. The fourth-order valence-electron chi connectivity index (χ4n) is 1.37. The van der Waals surface area contributed by atoms with Crippen LogP contribution in [-0.4, -0.2) is 26.4 Å². The Kier molecular flexibility index (Phi) is 3.24. The number of hydrogen-bond acceptors (Lipinski definition) is 4. The Morgan fingerprint density at radius 2 is 2.06 bits per heavy atom. The van der Waals surface area contributed by atoms with Crippen molar-refractivity contribution in [3.63, 3.8) is 0 Å². The number of nitrogen functional groups attached to an aromatic ring is 1. The Balaban J connectivity index is 2.39. The first-order chi connectivity index (χ1) is 8.37. The van der Waals surface area contributed by atoms with Crippen molar-refractivity contribution in [3.05, 3.63) is 22.7 Å². The molecule has 0 aliphatic carbocycles. The molecule has 1 heterocycles. The molecule has 0 aliphatic heterocycles. The van der Waals surface area contributed by atoms with E-state index in [0.717, 1.165) is 0 Å². The van der Waals surface area contributed by atoms with Crippen LogP contribution in [0.3, 0.4) is 0 Å². The fraction of sp³-hybridized carbons (Fsp3) is 0.222. The lowest BCUT2D eigenvalue weighted by Gasteiger charge is -2.08. The van der Waals surface area contributed by atoms with Crippen LogP contribution in [0.2, 0.25) is 0 Å². The van der Waals surface area contributed by atoms with E-state index < -0.39 is 12.7 Å². The topological polar surface area (TPSA) is 69.6 Å². The van der Waals surface area contributed by atoms with Gasteiger partial charge in [0.25, 0.3) is 0 Å². The second-order valence-electron chi connectivity index (χ2n) is 3.51. The molecule has 0 aliphatic rings. The summed E-state index contributed by atoms with van der Waals surface area (Å²) >= 11 is 3.20. The van der Waals surface area contributed by atoms with Crippen LogP contribution in [0.15, 0.2) is 22.7 Å². The van der Waals surface area contributed by atoms with Crippen LogP contribution in [0.1, 0.15) is 0 Å². The minimum absolute atomic E-state index is 0.0199. The number of halogens is 4. The fourth-order valence-corrected chi connectivity index (χ4v) is 1.62. The first-order valence-corrected chi connectivity index (χ1v) is 5.54. The largest absolute Gasteiger partial charge is 0.408 e. The molecule has 1 aromatic carbocycles. The van der Waals surface area contributed by atoms with Crippen LogP contribution in [0.25, 0.3) is 11.4 Å². The smallest absolute Gasteiger partial charge is 0.398 e. The van der Waals surface area contributed by atoms with E-state index in [4.69, 9.17) is 5.73 Å². The van der Waals surface area contributed by atoms with E-state index in [1.807, 2.05) is 0 Å². The zero-order chi connectivity index (χ0) is 13.3. The van der Waals surface area contributed by atoms with Gasteiger partial charge >= 0.3 is 6.18 Å². The van der Waals surface area contributed by atoms with Gasteiger partial charge in [0.1, 0.15) is 6.54 Å². The van der Waals surface area contributed by atoms with Crippen molar-refractivity contribution in [2.24, 2.45) is 0 Å². The molecule has 0 spiro atoms. The van der Waals surface area contributed by atoms with Gasteiger partial charge in [0.2, 0.25) is 0 Å². The van der Waals surface area contributed by atoms with Crippen molar-refractivity contribution in [1.29, 1.82) is 0 Å². The van der Waals surface area contributed by atoms with Crippen molar-refractivity contribution < 1.29 is 13.2 Å². The molecule has 5 nitrogen and oxygen atoms in total. The highest BCUT2D eigenvalue weighted by atomic mass is 79.9. The molecule has 0 atom stereocenters. The maximum absolute atomic E-state index is 12.3. The lowest BCUT2D eigenvalue weighted by atomic mass is 10.2. The quantitative estimate of drug-likeness (QED) is 0.861. The molecule has 2 rings (SSSR count). The Hall–Kier alpha value is -1.64. The van der Waals surface area contributed by atoms with Crippen molar-refractivity contribution in [1.82, 2.24) is 20.2 Å². The van der Waals surface area contributed by atoms with Crippen molar-refractivity contribution in [2.45, 2.75) is 12.7 Å². The van der Waals surface area contributed by atoms with Gasteiger partial charge in [0, 0.05) is 15.7 Å². The standard InChI is InChI=1S/C9H7BrF3N5/c10-6-2-1-5(3-7(6)14)8-15-16-17-18(8)4-9(11,12)13/h1-3H,4,14H2. The van der Waals surface area contributed by atoms with Crippen molar-refractivity contribution in [2.75, 3.05) is 5.73 Å². The van der Waals surface area contributed by atoms with Gasteiger partial charge in [-0.3, -0.25) is 0 Å². The number of nitrogens with zero attached hydrogens (tertiary/aromatic N) is 4. The highest BCUT2D eigenvalue weighted by molar-refractivity contribution is 9.10. The Bertz CT molecular complexity index is 566. The van der Waals surface area contributed by atoms with Gasteiger partial charge in [-0.15, -0.1) is 5.10 Å². The van der Waals surface area contributed by atoms with Gasteiger partial charge in [-0.05, 0) is 44.6 Å². The van der Waals surface area contributed by atoms with Crippen molar-refractivity contribution in [3.8, 4) is 11.4 Å². The molecule has 2 N–H and O–H groups in total. The van der Waals surface area contributed by atoms with E-state index in [-0.39, 0.29) is 5.82 Å². The Morgan fingerprint density at radius 3 is 2.67 bits per heavy atom. The van der Waals surface area contributed by atoms with E-state index in [0.29, 0.717) is 20.4 Å². The Labute approximate surface area is 108 Å². The molecule has 0 saturated heterocycles. The van der Waals surface area contributed by atoms with E-state index in [1.165, 1.54) is 6.07 Å². The Morgan fingerprint density at radius 1 is 1.33 bits per heavy atom. The molecule has 0 radical (unpaired) electrons. The van der Waals surface area contributed by atoms with Gasteiger partial charge in [-0.1, -0.05) is 0 Å². The maximum atomic E-state index is 12.3. The average Bonchev–Trinajstić information content (AvgIpc) is 2.67. The zero-order valence-corrected chi connectivity index (χ0v) is 10.4. The summed E-state index contributed by atoms with van der Waals surface area (Å²) in [5.41, 5.74) is 6.48. The summed E-state index contributed by atoms with van der Waals surface area (Å²) in [5.74, 6) is 0.0199. The van der Waals surface area contributed by atoms with E-state index >= 15 is 0 Å². The second-order valence-corrected chi connectivity index (χ2v) is 4.37. The summed E-state index contributed by atoms with van der Waals surface area (Å²) in [6.45, 7) is -1.24. The maximum Gasteiger partial charge on any atom is 0.408 e. The lowest BCUT2D eigenvalue weighted by molar-refractivity contribution is -0.142. The summed E-state index contributed by atoms with van der Waals surface area (Å²) in [4.78, 5) is 0. The molecule has 0 fully saturated rings. The summed E-state index contributed by atoms with van der Waals surface area (Å²) < 4.78 is 38.3.